The largest absolute Gasteiger partial charge is 0.480 e. The predicted molar refractivity (Wildman–Crippen MR) is 58.9 cm³/mol. The standard InChI is InChI=1S/C10H19N3O3/c1-12-8(14)3-2-5-13-6-4-10(11,7-13)9(15)16/h2-7,11H2,1H3,(H,12,14)(H,15,16). The highest BCUT2D eigenvalue weighted by Crippen LogP contribution is 2.19. The SMILES string of the molecule is CNC(=O)CCCN1CCC(N)(C(=O)O)C1. The summed E-state index contributed by atoms with van der Waals surface area (Å²) in [5.41, 5.74) is 4.63. The van der Waals surface area contributed by atoms with Gasteiger partial charge in [-0.2, -0.15) is 0 Å². The molecule has 6 heteroatoms. The number of carboxylic acid groups (broad SMARTS) is 1. The lowest BCUT2D eigenvalue weighted by Gasteiger charge is -2.19. The molecule has 0 aliphatic carbocycles. The van der Waals surface area contributed by atoms with Crippen LogP contribution in [-0.2, 0) is 9.59 Å². The molecule has 1 saturated heterocycles. The number of carbonyl (C=O) groups is 2. The fourth-order valence-electron chi connectivity index (χ4n) is 1.87. The summed E-state index contributed by atoms with van der Waals surface area (Å²) in [5.74, 6) is -0.933. The van der Waals surface area contributed by atoms with Crippen LogP contribution >= 0.6 is 0 Å². The molecule has 4 N–H and O–H groups in total. The third-order valence-corrected chi connectivity index (χ3v) is 2.96. The summed E-state index contributed by atoms with van der Waals surface area (Å²) in [6, 6.07) is 0. The average Bonchev–Trinajstić information content (AvgIpc) is 2.61. The van der Waals surface area contributed by atoms with E-state index in [1.165, 1.54) is 0 Å². The number of hydrogen-bond acceptors (Lipinski definition) is 4. The molecule has 1 unspecified atom stereocenters. The molecule has 0 spiro atoms. The Hall–Kier alpha value is -1.14. The van der Waals surface area contributed by atoms with Crippen LogP contribution < -0.4 is 11.1 Å². The second-order valence-electron chi connectivity index (χ2n) is 4.26. The summed E-state index contributed by atoms with van der Waals surface area (Å²) in [6.45, 7) is 1.78. The predicted octanol–water partition coefficient (Wildman–Crippen LogP) is -1.000. The van der Waals surface area contributed by atoms with Crippen molar-refractivity contribution in [3.05, 3.63) is 0 Å². The van der Waals surface area contributed by atoms with E-state index in [2.05, 4.69) is 5.32 Å². The van der Waals surface area contributed by atoms with Gasteiger partial charge in [0.15, 0.2) is 0 Å². The molecule has 1 aliphatic heterocycles. The molecule has 6 nitrogen and oxygen atoms in total. The molecule has 92 valence electrons. The lowest BCUT2D eigenvalue weighted by Crippen LogP contribution is -2.50. The van der Waals surface area contributed by atoms with Crippen LogP contribution in [0.1, 0.15) is 19.3 Å². The quantitative estimate of drug-likeness (QED) is 0.562. The van der Waals surface area contributed by atoms with Crippen molar-refractivity contribution in [2.45, 2.75) is 24.8 Å². The average molecular weight is 229 g/mol. The van der Waals surface area contributed by atoms with Gasteiger partial charge in [0.1, 0.15) is 5.54 Å². The number of carbonyl (C=O) groups excluding carboxylic acids is 1. The number of nitrogens with two attached hydrogens (primary N) is 1. The number of aliphatic carboxylic acids is 1. The van der Waals surface area contributed by atoms with Gasteiger partial charge in [0.05, 0.1) is 0 Å². The number of nitrogens with zero attached hydrogens (tertiary/aromatic N) is 1. The zero-order valence-corrected chi connectivity index (χ0v) is 9.53. The van der Waals surface area contributed by atoms with Gasteiger partial charge >= 0.3 is 5.97 Å². The van der Waals surface area contributed by atoms with Gasteiger partial charge < -0.3 is 21.1 Å². The van der Waals surface area contributed by atoms with Crippen LogP contribution in [0.2, 0.25) is 0 Å². The maximum Gasteiger partial charge on any atom is 0.325 e. The van der Waals surface area contributed by atoms with Gasteiger partial charge in [-0.25, -0.2) is 0 Å². The first-order chi connectivity index (χ1) is 7.48. The number of nitrogens with one attached hydrogen (secondary N) is 1. The fourth-order valence-corrected chi connectivity index (χ4v) is 1.87. The number of carboxylic acids is 1. The minimum absolute atomic E-state index is 0.0106. The Bertz CT molecular complexity index is 282. The van der Waals surface area contributed by atoms with Gasteiger partial charge in [0, 0.05) is 26.6 Å². The topological polar surface area (TPSA) is 95.7 Å². The first-order valence-corrected chi connectivity index (χ1v) is 5.43. The summed E-state index contributed by atoms with van der Waals surface area (Å²) in [6.07, 6.45) is 1.68. The van der Waals surface area contributed by atoms with E-state index >= 15 is 0 Å². The molecule has 1 aliphatic rings. The van der Waals surface area contributed by atoms with Gasteiger partial charge in [0.25, 0.3) is 0 Å². The number of hydrogen-bond donors (Lipinski definition) is 3. The highest BCUT2D eigenvalue weighted by atomic mass is 16.4. The molecule has 0 aromatic heterocycles. The first kappa shape index (κ1) is 12.9. The van der Waals surface area contributed by atoms with E-state index < -0.39 is 11.5 Å². The van der Waals surface area contributed by atoms with Crippen molar-refractivity contribution < 1.29 is 14.7 Å². The van der Waals surface area contributed by atoms with Crippen molar-refractivity contribution in [2.24, 2.45) is 5.73 Å². The fraction of sp³-hybridized carbons (Fsp3) is 0.800. The van der Waals surface area contributed by atoms with Crippen molar-refractivity contribution in [1.29, 1.82) is 0 Å². The van der Waals surface area contributed by atoms with Gasteiger partial charge in [-0.3, -0.25) is 9.59 Å². The Balaban J connectivity index is 2.27. The van der Waals surface area contributed by atoms with Gasteiger partial charge in [-0.15, -0.1) is 0 Å². The highest BCUT2D eigenvalue weighted by molar-refractivity contribution is 5.79. The molecule has 1 atom stereocenters. The van der Waals surface area contributed by atoms with Crippen molar-refractivity contribution in [1.82, 2.24) is 10.2 Å². The van der Waals surface area contributed by atoms with E-state index in [0.29, 0.717) is 25.9 Å². The van der Waals surface area contributed by atoms with Crippen LogP contribution in [0.3, 0.4) is 0 Å². The molecule has 0 radical (unpaired) electrons. The Kier molecular flexibility index (Phi) is 4.26. The van der Waals surface area contributed by atoms with Gasteiger partial charge in [0.2, 0.25) is 5.91 Å². The van der Waals surface area contributed by atoms with Crippen molar-refractivity contribution in [2.75, 3.05) is 26.7 Å². The maximum absolute atomic E-state index is 11.0. The second kappa shape index (κ2) is 5.27. The maximum atomic E-state index is 11.0. The summed E-state index contributed by atoms with van der Waals surface area (Å²) >= 11 is 0. The molecule has 16 heavy (non-hydrogen) atoms. The smallest absolute Gasteiger partial charge is 0.325 e. The van der Waals surface area contributed by atoms with Gasteiger partial charge in [-0.1, -0.05) is 0 Å². The monoisotopic (exact) mass is 229 g/mol. The third kappa shape index (κ3) is 3.18. The Labute approximate surface area is 94.8 Å². The highest BCUT2D eigenvalue weighted by Gasteiger charge is 2.40. The molecular weight excluding hydrogens is 210 g/mol. The van der Waals surface area contributed by atoms with E-state index in [1.54, 1.807) is 7.05 Å². The van der Waals surface area contributed by atoms with Crippen molar-refractivity contribution >= 4 is 11.9 Å². The van der Waals surface area contributed by atoms with Crippen LogP contribution in [0, 0.1) is 0 Å². The molecule has 1 fully saturated rings. The van der Waals surface area contributed by atoms with E-state index in [0.717, 1.165) is 13.0 Å². The molecule has 1 heterocycles. The molecule has 0 aromatic rings. The molecule has 1 rings (SSSR count). The van der Waals surface area contributed by atoms with Crippen LogP contribution in [0.15, 0.2) is 0 Å². The van der Waals surface area contributed by atoms with Crippen LogP contribution in [0.5, 0.6) is 0 Å². The van der Waals surface area contributed by atoms with Crippen molar-refractivity contribution in [3.8, 4) is 0 Å². The summed E-state index contributed by atoms with van der Waals surface area (Å²) < 4.78 is 0. The summed E-state index contributed by atoms with van der Waals surface area (Å²) in [5, 5.41) is 11.5. The van der Waals surface area contributed by atoms with Crippen LogP contribution in [0.25, 0.3) is 0 Å². The van der Waals surface area contributed by atoms with Crippen molar-refractivity contribution in [3.63, 3.8) is 0 Å². The lowest BCUT2D eigenvalue weighted by molar-refractivity contribution is -0.142. The Morgan fingerprint density at radius 3 is 2.75 bits per heavy atom. The van der Waals surface area contributed by atoms with Crippen LogP contribution in [0.4, 0.5) is 0 Å². The molecule has 0 bridgehead atoms. The number of rotatable bonds is 5. The second-order valence-corrected chi connectivity index (χ2v) is 4.26. The van der Waals surface area contributed by atoms with Gasteiger partial charge in [-0.05, 0) is 19.4 Å². The molecule has 0 aromatic carbocycles. The zero-order valence-electron chi connectivity index (χ0n) is 9.53. The van der Waals surface area contributed by atoms with E-state index in [4.69, 9.17) is 10.8 Å². The van der Waals surface area contributed by atoms with E-state index in [9.17, 15) is 9.59 Å². The van der Waals surface area contributed by atoms with Crippen LogP contribution in [-0.4, -0.2) is 54.1 Å². The molecule has 0 saturated carbocycles. The normalized spacial score (nSPS) is 25.6. The number of amides is 1. The lowest BCUT2D eigenvalue weighted by atomic mass is 10.0. The summed E-state index contributed by atoms with van der Waals surface area (Å²) in [4.78, 5) is 23.9. The summed E-state index contributed by atoms with van der Waals surface area (Å²) in [7, 11) is 1.60. The first-order valence-electron chi connectivity index (χ1n) is 5.43. The number of likely N-dealkylation sites (tertiary alicyclic amines) is 1. The zero-order chi connectivity index (χ0) is 12.2. The minimum atomic E-state index is -1.10. The Morgan fingerprint density at radius 2 is 2.25 bits per heavy atom. The molecular formula is C10H19N3O3. The molecule has 1 amide bonds. The van der Waals surface area contributed by atoms with E-state index in [-0.39, 0.29) is 5.91 Å². The Morgan fingerprint density at radius 1 is 1.56 bits per heavy atom. The third-order valence-electron chi connectivity index (χ3n) is 2.96. The van der Waals surface area contributed by atoms with E-state index in [1.807, 2.05) is 4.90 Å². The minimum Gasteiger partial charge on any atom is -0.480 e.